The fourth-order valence-corrected chi connectivity index (χ4v) is 3.81. The van der Waals surface area contributed by atoms with Crippen molar-refractivity contribution in [3.63, 3.8) is 0 Å². The van der Waals surface area contributed by atoms with Gasteiger partial charge in [-0.05, 0) is 17.2 Å². The lowest BCUT2D eigenvalue weighted by molar-refractivity contribution is 1.07. The van der Waals surface area contributed by atoms with Crippen LogP contribution in [0.2, 0.25) is 0 Å². The van der Waals surface area contributed by atoms with Crippen LogP contribution in [0.15, 0.2) is 109 Å². The molecule has 0 atom stereocenters. The number of nitrogens with zero attached hydrogens (tertiary/aromatic N) is 4. The average Bonchev–Trinajstić information content (AvgIpc) is 3.34. The Bertz CT molecular complexity index is 1320. The molecule has 4 heteroatoms. The highest BCUT2D eigenvalue weighted by molar-refractivity contribution is 5.86. The standard InChI is InChI=1S/C27H18N4/c1-28-23-15-8-14-22(18-23)27-30-29-19-31(27)26-24(20-10-4-2-5-11-20)16-9-17-25(26)21-12-6-3-7-13-21/h2-19H. The van der Waals surface area contributed by atoms with Crippen LogP contribution in [0.4, 0.5) is 5.69 Å². The third-order valence-corrected chi connectivity index (χ3v) is 5.23. The Morgan fingerprint density at radius 1 is 0.645 bits per heavy atom. The molecule has 0 fully saturated rings. The monoisotopic (exact) mass is 398 g/mol. The zero-order chi connectivity index (χ0) is 21.0. The smallest absolute Gasteiger partial charge is 0.187 e. The van der Waals surface area contributed by atoms with Crippen LogP contribution < -0.4 is 0 Å². The van der Waals surface area contributed by atoms with Gasteiger partial charge in [0.05, 0.1) is 12.3 Å². The number of hydrogen-bond acceptors (Lipinski definition) is 2. The van der Waals surface area contributed by atoms with E-state index in [0.717, 1.165) is 33.5 Å². The van der Waals surface area contributed by atoms with Gasteiger partial charge >= 0.3 is 0 Å². The Kier molecular flexibility index (Phi) is 4.84. The molecule has 5 rings (SSSR count). The van der Waals surface area contributed by atoms with Crippen LogP contribution in [-0.4, -0.2) is 14.8 Å². The fraction of sp³-hybridized carbons (Fsp3) is 0. The van der Waals surface area contributed by atoms with Crippen molar-refractivity contribution in [1.29, 1.82) is 0 Å². The van der Waals surface area contributed by atoms with E-state index in [0.29, 0.717) is 11.5 Å². The topological polar surface area (TPSA) is 35.1 Å². The molecule has 31 heavy (non-hydrogen) atoms. The second-order valence-corrected chi connectivity index (χ2v) is 7.12. The van der Waals surface area contributed by atoms with Crippen molar-refractivity contribution in [2.75, 3.05) is 0 Å². The highest BCUT2D eigenvalue weighted by Crippen LogP contribution is 2.37. The molecule has 4 aromatic carbocycles. The zero-order valence-corrected chi connectivity index (χ0v) is 16.7. The Balaban J connectivity index is 1.80. The van der Waals surface area contributed by atoms with Gasteiger partial charge in [-0.3, -0.25) is 4.57 Å². The molecule has 0 unspecified atom stereocenters. The van der Waals surface area contributed by atoms with E-state index in [1.165, 1.54) is 0 Å². The number of hydrogen-bond donors (Lipinski definition) is 0. The van der Waals surface area contributed by atoms with Gasteiger partial charge < -0.3 is 0 Å². The van der Waals surface area contributed by atoms with Crippen molar-refractivity contribution in [1.82, 2.24) is 14.8 Å². The van der Waals surface area contributed by atoms with Crippen LogP contribution in [0.5, 0.6) is 0 Å². The van der Waals surface area contributed by atoms with Crippen LogP contribution in [0, 0.1) is 6.57 Å². The summed E-state index contributed by atoms with van der Waals surface area (Å²) in [4.78, 5) is 3.57. The quantitative estimate of drug-likeness (QED) is 0.311. The van der Waals surface area contributed by atoms with Gasteiger partial charge in [-0.15, -0.1) is 10.2 Å². The largest absolute Gasteiger partial charge is 0.280 e. The van der Waals surface area contributed by atoms with Crippen molar-refractivity contribution in [2.45, 2.75) is 0 Å². The molecular weight excluding hydrogens is 380 g/mol. The first-order valence-electron chi connectivity index (χ1n) is 9.97. The van der Waals surface area contributed by atoms with Crippen molar-refractivity contribution in [2.24, 2.45) is 0 Å². The van der Waals surface area contributed by atoms with Gasteiger partial charge in [-0.2, -0.15) is 0 Å². The molecule has 4 nitrogen and oxygen atoms in total. The maximum Gasteiger partial charge on any atom is 0.187 e. The number of aromatic nitrogens is 3. The number of para-hydroxylation sites is 1. The minimum atomic E-state index is 0.576. The summed E-state index contributed by atoms with van der Waals surface area (Å²) in [5.41, 5.74) is 6.84. The van der Waals surface area contributed by atoms with E-state index in [9.17, 15) is 0 Å². The van der Waals surface area contributed by atoms with E-state index in [1.807, 2.05) is 59.2 Å². The highest BCUT2D eigenvalue weighted by Gasteiger charge is 2.18. The van der Waals surface area contributed by atoms with Gasteiger partial charge in [0, 0.05) is 16.7 Å². The van der Waals surface area contributed by atoms with Crippen LogP contribution >= 0.6 is 0 Å². The van der Waals surface area contributed by atoms with Crippen molar-refractivity contribution in [3.05, 3.63) is 121 Å². The first-order chi connectivity index (χ1) is 15.3. The summed E-state index contributed by atoms with van der Waals surface area (Å²) in [6.07, 6.45) is 1.74. The van der Waals surface area contributed by atoms with Crippen LogP contribution in [0.25, 0.3) is 44.2 Å². The predicted molar refractivity (Wildman–Crippen MR) is 124 cm³/mol. The van der Waals surface area contributed by atoms with Gasteiger partial charge in [-0.1, -0.05) is 97.1 Å². The summed E-state index contributed by atoms with van der Waals surface area (Å²) in [5, 5.41) is 8.65. The maximum atomic E-state index is 7.36. The maximum absolute atomic E-state index is 7.36. The molecule has 0 aliphatic rings. The lowest BCUT2D eigenvalue weighted by atomic mass is 9.95. The van der Waals surface area contributed by atoms with Crippen molar-refractivity contribution < 1.29 is 0 Å². The second-order valence-electron chi connectivity index (χ2n) is 7.12. The molecule has 0 N–H and O–H groups in total. The van der Waals surface area contributed by atoms with Crippen LogP contribution in [0.3, 0.4) is 0 Å². The molecule has 1 aromatic heterocycles. The minimum absolute atomic E-state index is 0.576. The van der Waals surface area contributed by atoms with E-state index in [-0.39, 0.29) is 0 Å². The molecule has 0 saturated carbocycles. The summed E-state index contributed by atoms with van der Waals surface area (Å²) >= 11 is 0. The molecular formula is C27H18N4. The Hall–Kier alpha value is -4.49. The van der Waals surface area contributed by atoms with E-state index >= 15 is 0 Å². The van der Waals surface area contributed by atoms with E-state index in [4.69, 9.17) is 6.57 Å². The summed E-state index contributed by atoms with van der Waals surface area (Å²) in [5.74, 6) is 0.700. The van der Waals surface area contributed by atoms with E-state index in [2.05, 4.69) is 57.5 Å². The van der Waals surface area contributed by atoms with Crippen LogP contribution in [0.1, 0.15) is 0 Å². The Morgan fingerprint density at radius 3 is 1.84 bits per heavy atom. The number of benzene rings is 4. The fourth-order valence-electron chi connectivity index (χ4n) is 3.81. The third-order valence-electron chi connectivity index (χ3n) is 5.23. The summed E-state index contributed by atoms with van der Waals surface area (Å²) in [6, 6.07) is 34.4. The van der Waals surface area contributed by atoms with Crippen molar-refractivity contribution in [3.8, 4) is 39.3 Å². The lowest BCUT2D eigenvalue weighted by Gasteiger charge is -2.18. The molecule has 0 aliphatic heterocycles. The van der Waals surface area contributed by atoms with Gasteiger partial charge in [0.25, 0.3) is 0 Å². The molecule has 0 amide bonds. The third kappa shape index (κ3) is 3.50. The molecule has 5 aromatic rings. The Morgan fingerprint density at radius 2 is 1.23 bits per heavy atom. The minimum Gasteiger partial charge on any atom is -0.280 e. The summed E-state index contributed by atoms with van der Waals surface area (Å²) in [6.45, 7) is 7.36. The molecule has 0 aliphatic carbocycles. The zero-order valence-electron chi connectivity index (χ0n) is 16.7. The first-order valence-corrected chi connectivity index (χ1v) is 9.97. The highest BCUT2D eigenvalue weighted by atomic mass is 15.3. The van der Waals surface area contributed by atoms with Crippen molar-refractivity contribution >= 4 is 5.69 Å². The van der Waals surface area contributed by atoms with E-state index < -0.39 is 0 Å². The Labute approximate surface area is 180 Å². The molecule has 0 bridgehead atoms. The molecule has 146 valence electrons. The second kappa shape index (κ2) is 8.10. The average molecular weight is 398 g/mol. The molecule has 1 heterocycles. The van der Waals surface area contributed by atoms with Gasteiger partial charge in [0.15, 0.2) is 11.5 Å². The lowest BCUT2D eigenvalue weighted by Crippen LogP contribution is -2.02. The van der Waals surface area contributed by atoms with Gasteiger partial charge in [-0.25, -0.2) is 4.85 Å². The molecule has 0 spiro atoms. The number of rotatable bonds is 4. The SMILES string of the molecule is [C-]#[N+]c1cccc(-c2nncn2-c2c(-c3ccccc3)cccc2-c2ccccc2)c1. The summed E-state index contributed by atoms with van der Waals surface area (Å²) < 4.78 is 2.02. The normalized spacial score (nSPS) is 10.5. The van der Waals surface area contributed by atoms with Gasteiger partial charge in [0.2, 0.25) is 0 Å². The predicted octanol–water partition coefficient (Wildman–Crippen LogP) is 6.82. The first kappa shape index (κ1) is 18.5. The summed E-state index contributed by atoms with van der Waals surface area (Å²) in [7, 11) is 0. The van der Waals surface area contributed by atoms with Crippen LogP contribution in [-0.2, 0) is 0 Å². The van der Waals surface area contributed by atoms with Gasteiger partial charge in [0.1, 0.15) is 6.33 Å². The van der Waals surface area contributed by atoms with E-state index in [1.54, 1.807) is 12.4 Å². The molecule has 0 saturated heterocycles. The molecule has 0 radical (unpaired) electrons.